The molecule has 0 aromatic carbocycles. The van der Waals surface area contributed by atoms with Crippen LogP contribution in [0, 0.1) is 94.7 Å². The second kappa shape index (κ2) is 145. The largest absolute Gasteiger partial charge is 0.162 e. The molecule has 0 saturated heterocycles. The molecule has 0 nitrogen and oxygen atoms in total. The average molecular weight is 2370 g/mol. The molecule has 0 bridgehead atoms. The van der Waals surface area contributed by atoms with Crippen LogP contribution >= 0.6 is 212 Å². The van der Waals surface area contributed by atoms with Crippen LogP contribution in [-0.2, 0) is 0 Å². The molecule has 144 heavy (non-hydrogen) atoms. The standard InChI is InChI=1S/6C11H24S.6C10H22S2/c2*1-10(2)6-5-8-12-9-7-11(3)4;2*1-10(2)7-5-6-8-12-9-11(3)4;2*1-10(2)8-6-5-7-9-12-11(3)4;1-9(2)7-11-5-6-12-8-10(3)4;2*1-9(2)5-6-11-7-8-12-10(3)4;2*1-9(2)8-11-6-5-7-12-10(3)4;1-9(2)11-7-5-6-8-12-10(3)4/h6*10-11H,5-9H2,1-4H3;6*9-10H,5-8H2,1-4H3. The number of rotatable bonds is 84. The molecule has 0 N–H and O–H groups in total. The topological polar surface area (TPSA) is 0 Å². The second-order valence-corrected chi connectivity index (χ2v) is 73.4. The van der Waals surface area contributed by atoms with Crippen molar-refractivity contribution in [1.29, 1.82) is 0 Å². The molecule has 0 unspecified atom stereocenters. The summed E-state index contributed by atoms with van der Waals surface area (Å²) in [4.78, 5) is 0. The molecule has 0 aliphatic heterocycles. The highest BCUT2D eigenvalue weighted by atomic mass is 32.2. The third-order valence-electron chi connectivity index (χ3n) is 19.5. The van der Waals surface area contributed by atoms with Crippen LogP contribution < -0.4 is 0 Å². The van der Waals surface area contributed by atoms with Crippen LogP contribution in [0.4, 0.5) is 0 Å². The second-order valence-electron chi connectivity index (χ2n) is 48.1. The van der Waals surface area contributed by atoms with Gasteiger partial charge in [0.1, 0.15) is 0 Å². The van der Waals surface area contributed by atoms with Crippen molar-refractivity contribution >= 4 is 212 Å². The first-order chi connectivity index (χ1) is 67.5. The third-order valence-corrected chi connectivity index (χ3v) is 42.6. The maximum absolute atomic E-state index is 2.31. The maximum atomic E-state index is 2.31. The molecule has 0 spiro atoms. The van der Waals surface area contributed by atoms with E-state index in [9.17, 15) is 0 Å². The van der Waals surface area contributed by atoms with Gasteiger partial charge >= 0.3 is 0 Å². The molecule has 888 valence electrons. The zero-order valence-electron chi connectivity index (χ0n) is 107. The summed E-state index contributed by atoms with van der Waals surface area (Å²) in [6, 6.07) is 0. The predicted molar refractivity (Wildman–Crippen MR) is 751 cm³/mol. The van der Waals surface area contributed by atoms with Gasteiger partial charge in [0, 0.05) is 34.5 Å². The molecule has 0 heterocycles. The molecule has 0 rings (SSSR count). The number of hydrogen-bond acceptors (Lipinski definition) is 18. The van der Waals surface area contributed by atoms with Crippen LogP contribution in [0.5, 0.6) is 0 Å². The minimum atomic E-state index is 0.802. The molecule has 0 amide bonds. The fraction of sp³-hybridized carbons (Fsp3) is 1.00. The van der Waals surface area contributed by atoms with Crippen LogP contribution in [0.3, 0.4) is 0 Å². The van der Waals surface area contributed by atoms with Gasteiger partial charge in [0.2, 0.25) is 0 Å². The first-order valence-corrected chi connectivity index (χ1v) is 80.2. The van der Waals surface area contributed by atoms with E-state index < -0.39 is 0 Å². The van der Waals surface area contributed by atoms with Gasteiger partial charge in [0.15, 0.2) is 0 Å². The Hall–Kier alpha value is 6.30. The van der Waals surface area contributed by atoms with Gasteiger partial charge in [-0.2, -0.15) is 212 Å². The van der Waals surface area contributed by atoms with E-state index in [1.807, 2.05) is 0 Å². The summed E-state index contributed by atoms with van der Waals surface area (Å²) >= 11 is 37.7. The summed E-state index contributed by atoms with van der Waals surface area (Å²) in [5, 5.41) is 6.46. The normalized spacial score (nSPS) is 11.5. The van der Waals surface area contributed by atoms with Crippen LogP contribution in [-0.4, -0.2) is 203 Å². The van der Waals surface area contributed by atoms with Crippen molar-refractivity contribution in [2.24, 2.45) is 94.7 Å². The van der Waals surface area contributed by atoms with E-state index in [0.717, 1.165) is 137 Å². The lowest BCUT2D eigenvalue weighted by Gasteiger charge is -2.05. The van der Waals surface area contributed by atoms with Gasteiger partial charge in [-0.3, -0.25) is 0 Å². The van der Waals surface area contributed by atoms with Gasteiger partial charge < -0.3 is 0 Å². The van der Waals surface area contributed by atoms with Crippen molar-refractivity contribution in [2.45, 2.75) is 541 Å². The summed E-state index contributed by atoms with van der Waals surface area (Å²) in [5.41, 5.74) is 0. The van der Waals surface area contributed by atoms with Crippen LogP contribution in [0.15, 0.2) is 0 Å². The number of thioether (sulfide) groups is 18. The van der Waals surface area contributed by atoms with Crippen molar-refractivity contribution in [2.75, 3.05) is 161 Å². The van der Waals surface area contributed by atoms with E-state index in [0.29, 0.717) is 0 Å². The summed E-state index contributed by atoms with van der Waals surface area (Å²) in [7, 11) is 0. The SMILES string of the molecule is CC(C)CCCCCSC(C)C.CC(C)CCCCCSC(C)C.CC(C)CCCCSCC(C)C.CC(C)CCCCSCC(C)C.CC(C)CCCSCCC(C)C.CC(C)CCCSCCC(C)C.CC(C)CCSCCSC(C)C.CC(C)CCSCCSC(C)C.CC(C)CSCCCSC(C)C.CC(C)CSCCCSC(C)C.CC(C)CSCCSCC(C)C.CC(C)SCCCCSC(C)C. The van der Waals surface area contributed by atoms with E-state index in [2.05, 4.69) is 544 Å². The van der Waals surface area contributed by atoms with Gasteiger partial charge in [-0.15, -0.1) is 0 Å². The fourth-order valence-electron chi connectivity index (χ4n) is 11.2. The Morgan fingerprint density at radius 2 is 0.222 bits per heavy atom. The van der Waals surface area contributed by atoms with E-state index >= 15 is 0 Å². The van der Waals surface area contributed by atoms with Crippen LogP contribution in [0.25, 0.3) is 0 Å². The summed E-state index contributed by atoms with van der Waals surface area (Å²) in [5.74, 6) is 51.5. The van der Waals surface area contributed by atoms with E-state index in [1.165, 1.54) is 328 Å². The molecule has 0 saturated carbocycles. The Balaban J connectivity index is -0.000000132. The van der Waals surface area contributed by atoms with Crippen LogP contribution in [0.2, 0.25) is 0 Å². The van der Waals surface area contributed by atoms with Gasteiger partial charge in [0.25, 0.3) is 0 Å². The number of unbranched alkanes of at least 4 members (excludes halogenated alkanes) is 7. The third kappa shape index (κ3) is 246. The van der Waals surface area contributed by atoms with Gasteiger partial charge in [-0.25, -0.2) is 0 Å². The minimum Gasteiger partial charge on any atom is -0.162 e. The van der Waals surface area contributed by atoms with Crippen molar-refractivity contribution < 1.29 is 0 Å². The van der Waals surface area contributed by atoms with Gasteiger partial charge in [-0.1, -0.05) is 409 Å². The Morgan fingerprint density at radius 3 is 0.410 bits per heavy atom. The van der Waals surface area contributed by atoms with Gasteiger partial charge in [0.05, 0.1) is 0 Å². The molecular weight excluding hydrogens is 2090 g/mol. The van der Waals surface area contributed by atoms with Crippen molar-refractivity contribution in [1.82, 2.24) is 0 Å². The molecule has 0 aliphatic rings. The highest BCUT2D eigenvalue weighted by molar-refractivity contribution is 8.05. The first-order valence-electron chi connectivity index (χ1n) is 60.2. The Labute approximate surface area is 998 Å². The molecule has 0 radical (unpaired) electrons. The Morgan fingerprint density at radius 1 is 0.0903 bits per heavy atom. The lowest BCUT2D eigenvalue weighted by molar-refractivity contribution is 0.535. The minimum absolute atomic E-state index is 0.802. The summed E-state index contributed by atoms with van der Waals surface area (Å²) in [6.07, 6.45) is 36.5. The summed E-state index contributed by atoms with van der Waals surface area (Å²) in [6.45, 7) is 110. The van der Waals surface area contributed by atoms with E-state index in [-0.39, 0.29) is 0 Å². The lowest BCUT2D eigenvalue weighted by Crippen LogP contribution is -1.96. The van der Waals surface area contributed by atoms with Crippen molar-refractivity contribution in [3.63, 3.8) is 0 Å². The predicted octanol–water partition coefficient (Wildman–Crippen LogP) is 48.9. The number of hydrogen-bond donors (Lipinski definition) is 0. The highest BCUT2D eigenvalue weighted by Crippen LogP contribution is 2.25. The van der Waals surface area contributed by atoms with Crippen molar-refractivity contribution in [3.05, 3.63) is 0 Å². The Kier molecular flexibility index (Phi) is 177. The molecule has 0 aromatic rings. The smallest absolute Gasteiger partial charge is 0.00261 e. The Bertz CT molecular complexity index is 1430. The lowest BCUT2D eigenvalue weighted by atomic mass is 10.1. The molecule has 18 heteroatoms. The van der Waals surface area contributed by atoms with E-state index in [4.69, 9.17) is 0 Å². The monoisotopic (exact) mass is 2370 g/mol. The van der Waals surface area contributed by atoms with E-state index in [1.54, 1.807) is 0 Å². The molecule has 0 atom stereocenters. The maximum Gasteiger partial charge on any atom is 0.00261 e. The average Bonchev–Trinajstić information content (AvgIpc) is 1.13. The molecular formula is C126H276S18. The molecule has 0 fully saturated rings. The molecule has 0 aromatic heterocycles. The molecule has 0 aliphatic carbocycles. The van der Waals surface area contributed by atoms with Crippen molar-refractivity contribution in [3.8, 4) is 0 Å². The fourth-order valence-corrected chi connectivity index (χ4v) is 29.6. The van der Waals surface area contributed by atoms with Crippen LogP contribution in [0.1, 0.15) is 499 Å². The highest BCUT2D eigenvalue weighted by Gasteiger charge is 2.08. The quantitative estimate of drug-likeness (QED) is 0.0530. The zero-order chi connectivity index (χ0) is 113. The van der Waals surface area contributed by atoms with Gasteiger partial charge in [-0.05, 0) is 353 Å². The first kappa shape index (κ1) is 175. The summed E-state index contributed by atoms with van der Waals surface area (Å²) < 4.78 is 0. The zero-order valence-corrected chi connectivity index (χ0v) is 122.